The third-order valence-corrected chi connectivity index (χ3v) is 6.58. The molecule has 39 heavy (non-hydrogen) atoms. The van der Waals surface area contributed by atoms with Crippen LogP contribution in [0.15, 0.2) is 72.8 Å². The number of carbonyl (C=O) groups is 2. The van der Waals surface area contributed by atoms with Gasteiger partial charge in [0.2, 0.25) is 0 Å². The third-order valence-electron chi connectivity index (χ3n) is 5.71. The first kappa shape index (κ1) is 28.3. The summed E-state index contributed by atoms with van der Waals surface area (Å²) >= 11 is 17.5. The molecule has 0 unspecified atom stereocenters. The Kier molecular flexibility index (Phi) is 9.01. The van der Waals surface area contributed by atoms with Crippen molar-refractivity contribution >= 4 is 64.1 Å². The molecule has 1 saturated heterocycles. The van der Waals surface area contributed by atoms with E-state index < -0.39 is 17.6 Å². The molecular formula is C29H23Cl2FN2O4S. The zero-order valence-electron chi connectivity index (χ0n) is 20.8. The van der Waals surface area contributed by atoms with E-state index in [1.54, 1.807) is 42.5 Å². The first-order valence-corrected chi connectivity index (χ1v) is 13.0. The number of anilines is 1. The molecule has 200 valence electrons. The van der Waals surface area contributed by atoms with E-state index in [9.17, 15) is 14.0 Å². The van der Waals surface area contributed by atoms with Crippen LogP contribution in [0.2, 0.25) is 10.0 Å². The molecule has 0 aromatic heterocycles. The van der Waals surface area contributed by atoms with Gasteiger partial charge in [0.25, 0.3) is 11.8 Å². The number of amides is 2. The smallest absolute Gasteiger partial charge is 0.270 e. The fourth-order valence-corrected chi connectivity index (χ4v) is 4.70. The monoisotopic (exact) mass is 584 g/mol. The minimum absolute atomic E-state index is 0.0645. The molecule has 1 aliphatic heterocycles. The van der Waals surface area contributed by atoms with Crippen molar-refractivity contribution < 1.29 is 23.5 Å². The number of carbonyl (C=O) groups excluding carboxylic acids is 2. The number of halogens is 3. The maximum absolute atomic E-state index is 14.5. The number of hydrogen-bond donors (Lipinski definition) is 1. The highest BCUT2D eigenvalue weighted by atomic mass is 35.5. The minimum atomic E-state index is -0.755. The molecule has 0 aliphatic carbocycles. The van der Waals surface area contributed by atoms with Crippen molar-refractivity contribution in [1.82, 2.24) is 5.32 Å². The second kappa shape index (κ2) is 12.4. The predicted molar refractivity (Wildman–Crippen MR) is 155 cm³/mol. The molecule has 6 nitrogen and oxygen atoms in total. The van der Waals surface area contributed by atoms with Gasteiger partial charge >= 0.3 is 0 Å². The van der Waals surface area contributed by atoms with Gasteiger partial charge < -0.3 is 9.47 Å². The highest BCUT2D eigenvalue weighted by molar-refractivity contribution is 7.80. The second-order valence-electron chi connectivity index (χ2n) is 8.37. The van der Waals surface area contributed by atoms with Gasteiger partial charge in [0, 0.05) is 21.2 Å². The molecule has 3 aromatic rings. The SMILES string of the molecule is C=CCc1cc(/C=C2\C(=O)NC(=S)N(c3ccccc3F)C2=O)cc(OCC)c1OCc1ccc(Cl)cc1Cl. The average molecular weight is 585 g/mol. The van der Waals surface area contributed by atoms with Crippen molar-refractivity contribution in [2.75, 3.05) is 11.5 Å². The fraction of sp³-hybridized carbons (Fsp3) is 0.138. The molecule has 0 saturated carbocycles. The number of benzene rings is 3. The van der Waals surface area contributed by atoms with E-state index in [1.807, 2.05) is 6.92 Å². The first-order valence-electron chi connectivity index (χ1n) is 11.9. The van der Waals surface area contributed by atoms with Crippen LogP contribution in [0, 0.1) is 5.82 Å². The summed E-state index contributed by atoms with van der Waals surface area (Å²) < 4.78 is 26.5. The van der Waals surface area contributed by atoms with Gasteiger partial charge in [-0.15, -0.1) is 6.58 Å². The first-order chi connectivity index (χ1) is 18.7. The van der Waals surface area contributed by atoms with E-state index in [2.05, 4.69) is 11.9 Å². The van der Waals surface area contributed by atoms with Crippen molar-refractivity contribution in [2.24, 2.45) is 0 Å². The van der Waals surface area contributed by atoms with Crippen molar-refractivity contribution in [1.29, 1.82) is 0 Å². The highest BCUT2D eigenvalue weighted by Crippen LogP contribution is 2.36. The van der Waals surface area contributed by atoms with Crippen LogP contribution in [-0.2, 0) is 22.6 Å². The lowest BCUT2D eigenvalue weighted by molar-refractivity contribution is -0.122. The van der Waals surface area contributed by atoms with Crippen LogP contribution >= 0.6 is 35.4 Å². The lowest BCUT2D eigenvalue weighted by Crippen LogP contribution is -2.54. The molecule has 10 heteroatoms. The van der Waals surface area contributed by atoms with Crippen molar-refractivity contribution in [3.63, 3.8) is 0 Å². The molecule has 0 bridgehead atoms. The average Bonchev–Trinajstić information content (AvgIpc) is 2.88. The summed E-state index contributed by atoms with van der Waals surface area (Å²) in [5, 5.41) is 3.23. The molecule has 0 spiro atoms. The Morgan fingerprint density at radius 3 is 2.54 bits per heavy atom. The molecule has 3 aromatic carbocycles. The summed E-state index contributed by atoms with van der Waals surface area (Å²) in [6.07, 6.45) is 3.51. The zero-order valence-corrected chi connectivity index (χ0v) is 23.1. The summed E-state index contributed by atoms with van der Waals surface area (Å²) in [5.74, 6) is -1.23. The summed E-state index contributed by atoms with van der Waals surface area (Å²) in [6.45, 7) is 6.13. The Morgan fingerprint density at radius 1 is 1.08 bits per heavy atom. The Balaban J connectivity index is 1.73. The van der Waals surface area contributed by atoms with E-state index in [4.69, 9.17) is 44.9 Å². The van der Waals surface area contributed by atoms with Gasteiger partial charge in [0.05, 0.1) is 12.3 Å². The van der Waals surface area contributed by atoms with Crippen molar-refractivity contribution in [3.05, 3.63) is 105 Å². The number of nitrogens with one attached hydrogen (secondary N) is 1. The van der Waals surface area contributed by atoms with Crippen LogP contribution in [-0.4, -0.2) is 23.5 Å². The molecule has 2 amide bonds. The highest BCUT2D eigenvalue weighted by Gasteiger charge is 2.35. The number of hydrogen-bond acceptors (Lipinski definition) is 5. The maximum Gasteiger partial charge on any atom is 0.270 e. The fourth-order valence-electron chi connectivity index (χ4n) is 3.97. The molecule has 1 aliphatic rings. The summed E-state index contributed by atoms with van der Waals surface area (Å²) in [6, 6.07) is 14.2. The van der Waals surface area contributed by atoms with Crippen LogP contribution in [0.1, 0.15) is 23.6 Å². The van der Waals surface area contributed by atoms with E-state index in [-0.39, 0.29) is 23.0 Å². The zero-order chi connectivity index (χ0) is 28.1. The van der Waals surface area contributed by atoms with Crippen LogP contribution < -0.4 is 19.7 Å². The molecule has 1 N–H and O–H groups in total. The molecule has 0 radical (unpaired) electrons. The van der Waals surface area contributed by atoms with E-state index >= 15 is 0 Å². The number of para-hydroxylation sites is 1. The number of thiocarbonyl (C=S) groups is 1. The van der Waals surface area contributed by atoms with Gasteiger partial charge in [0.15, 0.2) is 16.6 Å². The summed E-state index contributed by atoms with van der Waals surface area (Å²) in [7, 11) is 0. The van der Waals surface area contributed by atoms with Crippen LogP contribution in [0.25, 0.3) is 6.08 Å². The second-order valence-corrected chi connectivity index (χ2v) is 9.60. The minimum Gasteiger partial charge on any atom is -0.490 e. The van der Waals surface area contributed by atoms with Gasteiger partial charge in [-0.1, -0.05) is 47.5 Å². The van der Waals surface area contributed by atoms with E-state index in [0.29, 0.717) is 45.7 Å². The Bertz CT molecular complexity index is 1510. The van der Waals surface area contributed by atoms with Gasteiger partial charge in [-0.2, -0.15) is 0 Å². The Morgan fingerprint density at radius 2 is 1.85 bits per heavy atom. The van der Waals surface area contributed by atoms with Crippen LogP contribution in [0.5, 0.6) is 11.5 Å². The number of allylic oxidation sites excluding steroid dienone is 1. The predicted octanol–water partition coefficient (Wildman–Crippen LogP) is 6.67. The number of ether oxygens (including phenoxy) is 2. The molecule has 0 atom stereocenters. The normalized spacial score (nSPS) is 14.4. The third kappa shape index (κ3) is 6.30. The van der Waals surface area contributed by atoms with Gasteiger partial charge in [-0.3, -0.25) is 14.9 Å². The van der Waals surface area contributed by atoms with Crippen molar-refractivity contribution in [3.8, 4) is 11.5 Å². The van der Waals surface area contributed by atoms with Gasteiger partial charge in [-0.05, 0) is 73.6 Å². The molecule has 1 fully saturated rings. The molecular weight excluding hydrogens is 562 g/mol. The lowest BCUT2D eigenvalue weighted by Gasteiger charge is -2.29. The Hall–Kier alpha value is -3.72. The van der Waals surface area contributed by atoms with Gasteiger partial charge in [0.1, 0.15) is 18.0 Å². The lowest BCUT2D eigenvalue weighted by atomic mass is 10.0. The topological polar surface area (TPSA) is 67.9 Å². The number of nitrogens with zero attached hydrogens (tertiary/aromatic N) is 1. The maximum atomic E-state index is 14.5. The standard InChI is InChI=1S/C29H23Cl2FN2O4S/c1-3-7-18-12-17(14-25(37-4-2)26(18)38-16-19-10-11-20(30)15-22(19)31)13-21-27(35)33-29(39)34(28(21)36)24-9-6-5-8-23(24)32/h3,5-6,8-15H,1,4,7,16H2,2H3,(H,33,35,39)/b21-13+. The number of rotatable bonds is 9. The quantitative estimate of drug-likeness (QED) is 0.132. The van der Waals surface area contributed by atoms with Crippen LogP contribution in [0.4, 0.5) is 10.1 Å². The van der Waals surface area contributed by atoms with Gasteiger partial charge in [-0.25, -0.2) is 9.29 Å². The Labute approximate surface area is 240 Å². The summed E-state index contributed by atoms with van der Waals surface area (Å²) in [5.41, 5.74) is 1.64. The molecule has 4 rings (SSSR count). The van der Waals surface area contributed by atoms with E-state index in [1.165, 1.54) is 24.3 Å². The van der Waals surface area contributed by atoms with Crippen molar-refractivity contribution in [2.45, 2.75) is 20.0 Å². The summed E-state index contributed by atoms with van der Waals surface area (Å²) in [4.78, 5) is 27.1. The molecule has 1 heterocycles. The van der Waals surface area contributed by atoms with Crippen LogP contribution in [0.3, 0.4) is 0 Å². The largest absolute Gasteiger partial charge is 0.490 e. The van der Waals surface area contributed by atoms with E-state index in [0.717, 1.165) is 10.5 Å².